The number of nitrogens with zero attached hydrogens (tertiary/aromatic N) is 1. The highest BCUT2D eigenvalue weighted by molar-refractivity contribution is 7.99. The summed E-state index contributed by atoms with van der Waals surface area (Å²) in [5.74, 6) is -0.345. The van der Waals surface area contributed by atoms with E-state index in [9.17, 15) is 22.4 Å². The number of halogens is 4. The van der Waals surface area contributed by atoms with Crippen molar-refractivity contribution in [2.45, 2.75) is 19.1 Å². The summed E-state index contributed by atoms with van der Waals surface area (Å²) in [6.07, 6.45) is -4.80. The molecule has 1 atom stereocenters. The van der Waals surface area contributed by atoms with E-state index in [1.165, 1.54) is 4.90 Å². The molecule has 2 rings (SSSR count). The predicted molar refractivity (Wildman–Crippen MR) is 69.2 cm³/mol. The van der Waals surface area contributed by atoms with E-state index in [2.05, 4.69) is 0 Å². The lowest BCUT2D eigenvalue weighted by Crippen LogP contribution is -2.44. The first-order chi connectivity index (χ1) is 9.30. The van der Waals surface area contributed by atoms with Gasteiger partial charge in [-0.15, -0.1) is 0 Å². The first kappa shape index (κ1) is 15.2. The second-order valence-corrected chi connectivity index (χ2v) is 5.76. The summed E-state index contributed by atoms with van der Waals surface area (Å²) in [4.78, 5) is 13.8. The van der Waals surface area contributed by atoms with Crippen molar-refractivity contribution >= 4 is 17.7 Å². The van der Waals surface area contributed by atoms with Crippen molar-refractivity contribution in [1.29, 1.82) is 0 Å². The van der Waals surface area contributed by atoms with Crippen molar-refractivity contribution in [3.05, 3.63) is 35.1 Å². The van der Waals surface area contributed by atoms with Crippen molar-refractivity contribution < 1.29 is 22.4 Å². The Kier molecular flexibility index (Phi) is 4.27. The van der Waals surface area contributed by atoms with Crippen LogP contribution in [-0.4, -0.2) is 34.9 Å². The van der Waals surface area contributed by atoms with Crippen LogP contribution in [0.5, 0.6) is 0 Å². The second kappa shape index (κ2) is 5.63. The third kappa shape index (κ3) is 3.08. The highest BCUT2D eigenvalue weighted by Crippen LogP contribution is 2.32. The SMILES string of the molecule is CC1CSCCN1C(=O)c1ccc(F)c(C(F)(F)F)c1. The number of carbonyl (C=O) groups excluding carboxylic acids is 1. The van der Waals surface area contributed by atoms with Gasteiger partial charge in [0.25, 0.3) is 5.91 Å². The van der Waals surface area contributed by atoms with Crippen molar-refractivity contribution in [3.63, 3.8) is 0 Å². The van der Waals surface area contributed by atoms with Gasteiger partial charge in [-0.3, -0.25) is 4.79 Å². The van der Waals surface area contributed by atoms with Crippen LogP contribution in [0.15, 0.2) is 18.2 Å². The van der Waals surface area contributed by atoms with Crippen LogP contribution in [0.3, 0.4) is 0 Å². The fraction of sp³-hybridized carbons (Fsp3) is 0.462. The highest BCUT2D eigenvalue weighted by atomic mass is 32.2. The number of alkyl halides is 3. The van der Waals surface area contributed by atoms with Crippen LogP contribution in [0.4, 0.5) is 17.6 Å². The molecular formula is C13H13F4NOS. The van der Waals surface area contributed by atoms with E-state index in [4.69, 9.17) is 0 Å². The maximum absolute atomic E-state index is 13.2. The lowest BCUT2D eigenvalue weighted by molar-refractivity contribution is -0.140. The molecule has 1 unspecified atom stereocenters. The van der Waals surface area contributed by atoms with Crippen LogP contribution >= 0.6 is 11.8 Å². The maximum Gasteiger partial charge on any atom is 0.419 e. The van der Waals surface area contributed by atoms with E-state index in [1.807, 2.05) is 6.92 Å². The maximum atomic E-state index is 13.2. The molecule has 0 aromatic heterocycles. The number of carbonyl (C=O) groups is 1. The number of rotatable bonds is 1. The van der Waals surface area contributed by atoms with Gasteiger partial charge in [-0.05, 0) is 25.1 Å². The summed E-state index contributed by atoms with van der Waals surface area (Å²) in [5, 5.41) is 0. The minimum Gasteiger partial charge on any atom is -0.334 e. The molecule has 7 heteroatoms. The Balaban J connectivity index is 2.31. The Morgan fingerprint density at radius 2 is 2.10 bits per heavy atom. The molecular weight excluding hydrogens is 294 g/mol. The van der Waals surface area contributed by atoms with Crippen LogP contribution < -0.4 is 0 Å². The third-order valence-electron chi connectivity index (χ3n) is 3.15. The summed E-state index contributed by atoms with van der Waals surface area (Å²) in [6, 6.07) is 2.34. The second-order valence-electron chi connectivity index (χ2n) is 4.61. The van der Waals surface area contributed by atoms with Gasteiger partial charge in [0, 0.05) is 29.7 Å². The molecule has 1 aromatic rings. The van der Waals surface area contributed by atoms with Gasteiger partial charge in [0.15, 0.2) is 0 Å². The van der Waals surface area contributed by atoms with E-state index in [1.54, 1.807) is 11.8 Å². The van der Waals surface area contributed by atoms with Gasteiger partial charge in [0.05, 0.1) is 5.56 Å². The Labute approximate surface area is 118 Å². The average molecular weight is 307 g/mol. The van der Waals surface area contributed by atoms with Gasteiger partial charge < -0.3 is 4.90 Å². The molecule has 1 fully saturated rings. The Bertz CT molecular complexity index is 518. The van der Waals surface area contributed by atoms with Gasteiger partial charge in [0.2, 0.25) is 0 Å². The van der Waals surface area contributed by atoms with Crippen molar-refractivity contribution in [2.75, 3.05) is 18.1 Å². The molecule has 1 saturated heterocycles. The molecule has 110 valence electrons. The molecule has 0 aliphatic carbocycles. The van der Waals surface area contributed by atoms with Gasteiger partial charge in [-0.25, -0.2) is 4.39 Å². The minimum atomic E-state index is -4.80. The minimum absolute atomic E-state index is 0.0411. The standard InChI is InChI=1S/C13H13F4NOS/c1-8-7-20-5-4-18(8)12(19)9-2-3-11(14)10(6-9)13(15,16)17/h2-3,6,8H,4-5,7H2,1H3. The molecule has 1 aromatic carbocycles. The van der Waals surface area contributed by atoms with Crippen molar-refractivity contribution in [1.82, 2.24) is 4.90 Å². The Morgan fingerprint density at radius 1 is 1.40 bits per heavy atom. The lowest BCUT2D eigenvalue weighted by atomic mass is 10.1. The molecule has 0 spiro atoms. The summed E-state index contributed by atoms with van der Waals surface area (Å²) in [7, 11) is 0. The molecule has 0 radical (unpaired) electrons. The molecule has 0 saturated carbocycles. The Hall–Kier alpha value is -1.24. The normalized spacial score (nSPS) is 20.1. The summed E-state index contributed by atoms with van der Waals surface area (Å²) in [6.45, 7) is 2.33. The van der Waals surface area contributed by atoms with Crippen LogP contribution in [0.25, 0.3) is 0 Å². The number of hydrogen-bond acceptors (Lipinski definition) is 2. The van der Waals surface area contributed by atoms with Crippen LogP contribution in [0, 0.1) is 5.82 Å². The monoisotopic (exact) mass is 307 g/mol. The molecule has 0 N–H and O–H groups in total. The van der Waals surface area contributed by atoms with Gasteiger partial charge >= 0.3 is 6.18 Å². The first-order valence-corrected chi connectivity index (χ1v) is 7.21. The van der Waals surface area contributed by atoms with Gasteiger partial charge in [-0.1, -0.05) is 0 Å². The topological polar surface area (TPSA) is 20.3 Å². The predicted octanol–water partition coefficient (Wildman–Crippen LogP) is 3.42. The molecule has 1 aliphatic rings. The zero-order valence-electron chi connectivity index (χ0n) is 10.7. The van der Waals surface area contributed by atoms with E-state index < -0.39 is 23.5 Å². The molecule has 1 aliphatic heterocycles. The smallest absolute Gasteiger partial charge is 0.334 e. The number of hydrogen-bond donors (Lipinski definition) is 0. The van der Waals surface area contributed by atoms with Gasteiger partial charge in [-0.2, -0.15) is 24.9 Å². The van der Waals surface area contributed by atoms with E-state index >= 15 is 0 Å². The van der Waals surface area contributed by atoms with E-state index in [0.29, 0.717) is 18.7 Å². The lowest BCUT2D eigenvalue weighted by Gasteiger charge is -2.33. The summed E-state index contributed by atoms with van der Waals surface area (Å²) >= 11 is 1.70. The first-order valence-electron chi connectivity index (χ1n) is 6.06. The average Bonchev–Trinajstić information content (AvgIpc) is 2.37. The molecule has 0 bridgehead atoms. The highest BCUT2D eigenvalue weighted by Gasteiger charge is 2.35. The van der Waals surface area contributed by atoms with Crippen molar-refractivity contribution in [2.24, 2.45) is 0 Å². The van der Waals surface area contributed by atoms with Crippen LogP contribution in [0.2, 0.25) is 0 Å². The zero-order chi connectivity index (χ0) is 14.9. The van der Waals surface area contributed by atoms with E-state index in [-0.39, 0.29) is 11.6 Å². The number of thioether (sulfide) groups is 1. The fourth-order valence-corrected chi connectivity index (χ4v) is 3.08. The molecule has 2 nitrogen and oxygen atoms in total. The fourth-order valence-electron chi connectivity index (χ4n) is 2.07. The quantitative estimate of drug-likeness (QED) is 0.741. The van der Waals surface area contributed by atoms with Gasteiger partial charge in [0.1, 0.15) is 5.82 Å². The number of benzene rings is 1. The summed E-state index contributed by atoms with van der Waals surface area (Å²) < 4.78 is 51.1. The zero-order valence-corrected chi connectivity index (χ0v) is 11.5. The number of amides is 1. The third-order valence-corrected chi connectivity index (χ3v) is 4.34. The van der Waals surface area contributed by atoms with Crippen LogP contribution in [-0.2, 0) is 6.18 Å². The Morgan fingerprint density at radius 3 is 2.70 bits per heavy atom. The molecule has 1 heterocycles. The van der Waals surface area contributed by atoms with E-state index in [0.717, 1.165) is 17.6 Å². The molecule has 20 heavy (non-hydrogen) atoms. The summed E-state index contributed by atoms with van der Waals surface area (Å²) in [5.41, 5.74) is -1.53. The molecule has 1 amide bonds. The van der Waals surface area contributed by atoms with Crippen molar-refractivity contribution in [3.8, 4) is 0 Å². The van der Waals surface area contributed by atoms with Crippen LogP contribution in [0.1, 0.15) is 22.8 Å². The largest absolute Gasteiger partial charge is 0.419 e.